The van der Waals surface area contributed by atoms with E-state index in [0.717, 1.165) is 3.57 Å². The Hall–Kier alpha value is -1.62. The third kappa shape index (κ3) is 4.17. The largest absolute Gasteiger partial charge is 0.468 e. The zero-order valence-electron chi connectivity index (χ0n) is 11.0. The highest BCUT2D eigenvalue weighted by Gasteiger charge is 2.15. The molecule has 0 aliphatic rings. The first-order chi connectivity index (χ1) is 9.90. The number of ether oxygens (including phenoxy) is 1. The van der Waals surface area contributed by atoms with Crippen LogP contribution in [0.5, 0.6) is 0 Å². The van der Waals surface area contributed by atoms with Gasteiger partial charge in [-0.1, -0.05) is 0 Å². The minimum Gasteiger partial charge on any atom is -0.468 e. The molecule has 1 aromatic heterocycles. The fourth-order valence-corrected chi connectivity index (χ4v) is 2.91. The Labute approximate surface area is 135 Å². The van der Waals surface area contributed by atoms with Crippen LogP contribution in [0.2, 0.25) is 0 Å². The third-order valence-electron chi connectivity index (χ3n) is 2.53. The van der Waals surface area contributed by atoms with Crippen molar-refractivity contribution in [3.63, 3.8) is 0 Å². The van der Waals surface area contributed by atoms with Crippen molar-refractivity contribution in [1.29, 1.82) is 0 Å². The topological polar surface area (TPSA) is 90.3 Å². The fraction of sp³-hybridized carbons (Fsp3) is 0.167. The van der Waals surface area contributed by atoms with Gasteiger partial charge in [-0.05, 0) is 46.9 Å². The van der Waals surface area contributed by atoms with Gasteiger partial charge in [-0.3, -0.25) is 14.2 Å². The molecule has 0 unspecified atom stereocenters. The van der Waals surface area contributed by atoms with Gasteiger partial charge >= 0.3 is 5.97 Å². The number of sulfonamides is 1. The second-order valence-corrected chi connectivity index (χ2v) is 6.99. The highest BCUT2D eigenvalue weighted by molar-refractivity contribution is 14.1. The molecule has 1 N–H and O–H groups in total. The number of methoxy groups -OCH3 is 1. The van der Waals surface area contributed by atoms with Gasteiger partial charge in [0, 0.05) is 9.77 Å². The first-order valence-corrected chi connectivity index (χ1v) is 8.34. The lowest BCUT2D eigenvalue weighted by molar-refractivity contribution is -0.141. The summed E-state index contributed by atoms with van der Waals surface area (Å²) in [7, 11) is -2.40. The summed E-state index contributed by atoms with van der Waals surface area (Å²) < 4.78 is 33.5. The van der Waals surface area contributed by atoms with Gasteiger partial charge in [0.1, 0.15) is 6.54 Å². The highest BCUT2D eigenvalue weighted by Crippen LogP contribution is 2.16. The molecule has 1 heterocycles. The van der Waals surface area contributed by atoms with Gasteiger partial charge in [0.2, 0.25) is 0 Å². The van der Waals surface area contributed by atoms with Crippen molar-refractivity contribution in [3.8, 4) is 0 Å². The predicted molar refractivity (Wildman–Crippen MR) is 84.2 cm³/mol. The van der Waals surface area contributed by atoms with Gasteiger partial charge in [-0.15, -0.1) is 0 Å². The number of carbonyl (C=O) groups excluding carboxylic acids is 1. The average molecular weight is 421 g/mol. The summed E-state index contributed by atoms with van der Waals surface area (Å²) in [5.41, 5.74) is 0.275. The number of rotatable bonds is 5. The Morgan fingerprint density at radius 1 is 1.38 bits per heavy atom. The molecule has 0 spiro atoms. The van der Waals surface area contributed by atoms with Gasteiger partial charge in [0.05, 0.1) is 23.9 Å². The summed E-state index contributed by atoms with van der Waals surface area (Å²) in [6.45, 7) is -0.0816. The Balaban J connectivity index is 2.14. The minimum absolute atomic E-state index is 0.0816. The van der Waals surface area contributed by atoms with E-state index in [2.05, 4.69) is 37.1 Å². The van der Waals surface area contributed by atoms with Gasteiger partial charge in [-0.25, -0.2) is 8.42 Å². The molecule has 7 nitrogen and oxygen atoms in total. The highest BCUT2D eigenvalue weighted by atomic mass is 127. The summed E-state index contributed by atoms with van der Waals surface area (Å²) in [5.74, 6) is -0.467. The molecule has 2 aromatic rings. The zero-order chi connectivity index (χ0) is 15.5. The van der Waals surface area contributed by atoms with Crippen molar-refractivity contribution in [2.75, 3.05) is 11.8 Å². The van der Waals surface area contributed by atoms with Crippen LogP contribution < -0.4 is 4.72 Å². The SMILES string of the molecule is COC(=O)Cn1cc(NS(=O)(=O)c2ccc(I)cc2)cn1. The Kier molecular flexibility index (Phi) is 4.83. The molecule has 0 bridgehead atoms. The van der Waals surface area contributed by atoms with Crippen LogP contribution in [0.3, 0.4) is 0 Å². The number of halogens is 1. The maximum atomic E-state index is 12.2. The van der Waals surface area contributed by atoms with E-state index < -0.39 is 16.0 Å². The lowest BCUT2D eigenvalue weighted by Crippen LogP contribution is -2.13. The fourth-order valence-electron chi connectivity index (χ4n) is 1.53. The van der Waals surface area contributed by atoms with Crippen LogP contribution in [0, 0.1) is 3.57 Å². The number of hydrogen-bond donors (Lipinski definition) is 1. The van der Waals surface area contributed by atoms with E-state index in [0.29, 0.717) is 0 Å². The standard InChI is InChI=1S/C12H12IN3O4S/c1-20-12(17)8-16-7-10(6-14-16)15-21(18,19)11-4-2-9(13)3-5-11/h2-7,15H,8H2,1H3. The molecule has 9 heteroatoms. The van der Waals surface area contributed by atoms with Crippen molar-refractivity contribution >= 4 is 44.3 Å². The minimum atomic E-state index is -3.67. The zero-order valence-corrected chi connectivity index (χ0v) is 14.0. The molecule has 21 heavy (non-hydrogen) atoms. The normalized spacial score (nSPS) is 11.1. The number of benzene rings is 1. The van der Waals surface area contributed by atoms with Crippen molar-refractivity contribution in [2.24, 2.45) is 0 Å². The maximum absolute atomic E-state index is 12.2. The molecule has 0 aliphatic carbocycles. The second-order valence-electron chi connectivity index (χ2n) is 4.06. The van der Waals surface area contributed by atoms with E-state index in [1.165, 1.54) is 36.3 Å². The van der Waals surface area contributed by atoms with Gasteiger partial charge in [0.15, 0.2) is 0 Å². The van der Waals surface area contributed by atoms with Crippen LogP contribution in [0.4, 0.5) is 5.69 Å². The summed E-state index contributed by atoms with van der Waals surface area (Å²) >= 11 is 2.09. The molecule has 0 fully saturated rings. The smallest absolute Gasteiger partial charge is 0.327 e. The van der Waals surface area contributed by atoms with Crippen LogP contribution in [-0.4, -0.2) is 31.3 Å². The predicted octanol–water partition coefficient (Wildman–Crippen LogP) is 1.46. The number of aromatic nitrogens is 2. The van der Waals surface area contributed by atoms with Crippen molar-refractivity contribution in [2.45, 2.75) is 11.4 Å². The Morgan fingerprint density at radius 3 is 2.67 bits per heavy atom. The number of esters is 1. The molecule has 0 saturated heterocycles. The van der Waals surface area contributed by atoms with Crippen LogP contribution in [0.1, 0.15) is 0 Å². The summed E-state index contributed by atoms with van der Waals surface area (Å²) in [4.78, 5) is 11.3. The monoisotopic (exact) mass is 421 g/mol. The van der Waals surface area contributed by atoms with Crippen LogP contribution in [-0.2, 0) is 26.1 Å². The number of nitrogens with one attached hydrogen (secondary N) is 1. The molecule has 0 atom stereocenters. The van der Waals surface area contributed by atoms with E-state index >= 15 is 0 Å². The number of carbonyl (C=O) groups is 1. The van der Waals surface area contributed by atoms with Crippen LogP contribution in [0.25, 0.3) is 0 Å². The molecule has 0 saturated carbocycles. The van der Waals surface area contributed by atoms with E-state index in [4.69, 9.17) is 0 Å². The lowest BCUT2D eigenvalue weighted by atomic mass is 10.4. The number of hydrogen-bond acceptors (Lipinski definition) is 5. The summed E-state index contributed by atoms with van der Waals surface area (Å²) in [6.07, 6.45) is 2.74. The van der Waals surface area contributed by atoms with E-state index in [9.17, 15) is 13.2 Å². The average Bonchev–Trinajstić information content (AvgIpc) is 2.85. The quantitative estimate of drug-likeness (QED) is 0.584. The first kappa shape index (κ1) is 15.8. The second kappa shape index (κ2) is 6.43. The van der Waals surface area contributed by atoms with Gasteiger partial charge in [-0.2, -0.15) is 5.10 Å². The van der Waals surface area contributed by atoms with E-state index in [1.807, 2.05) is 0 Å². The van der Waals surface area contributed by atoms with Crippen molar-refractivity contribution < 1.29 is 17.9 Å². The molecule has 2 rings (SSSR count). The molecule has 0 aliphatic heterocycles. The van der Waals surface area contributed by atoms with Crippen LogP contribution >= 0.6 is 22.6 Å². The van der Waals surface area contributed by atoms with Gasteiger partial charge in [0.25, 0.3) is 10.0 Å². The molecular formula is C12H12IN3O4S. The molecule has 112 valence electrons. The molecule has 1 aromatic carbocycles. The number of nitrogens with zero attached hydrogens (tertiary/aromatic N) is 2. The summed E-state index contributed by atoms with van der Waals surface area (Å²) in [6, 6.07) is 6.44. The van der Waals surface area contributed by atoms with E-state index in [1.54, 1.807) is 12.1 Å². The van der Waals surface area contributed by atoms with Crippen molar-refractivity contribution in [1.82, 2.24) is 9.78 Å². The number of anilines is 1. The van der Waals surface area contributed by atoms with Crippen molar-refractivity contribution in [3.05, 3.63) is 40.2 Å². The van der Waals surface area contributed by atoms with Crippen LogP contribution in [0.15, 0.2) is 41.6 Å². The van der Waals surface area contributed by atoms with E-state index in [-0.39, 0.29) is 17.1 Å². The van der Waals surface area contributed by atoms with Gasteiger partial charge < -0.3 is 4.74 Å². The lowest BCUT2D eigenvalue weighted by Gasteiger charge is -2.05. The first-order valence-electron chi connectivity index (χ1n) is 5.78. The summed E-state index contributed by atoms with van der Waals surface area (Å²) in [5, 5.41) is 3.88. The Morgan fingerprint density at radius 2 is 2.05 bits per heavy atom. The molecule has 0 amide bonds. The molecule has 0 radical (unpaired) electrons. The maximum Gasteiger partial charge on any atom is 0.327 e. The Bertz CT molecular complexity index is 740. The molecular weight excluding hydrogens is 409 g/mol. The third-order valence-corrected chi connectivity index (χ3v) is 4.64.